The van der Waals surface area contributed by atoms with Crippen molar-refractivity contribution in [2.45, 2.75) is 39.7 Å². The molecule has 0 aromatic heterocycles. The fraction of sp³-hybridized carbons (Fsp3) is 0.889. The first-order valence-electron chi connectivity index (χ1n) is 5.00. The molecule has 0 spiro atoms. The highest BCUT2D eigenvalue weighted by Gasteiger charge is 2.22. The third-order valence-corrected chi connectivity index (χ3v) is 3.61. The van der Waals surface area contributed by atoms with Gasteiger partial charge in [0.05, 0.1) is 12.2 Å². The van der Waals surface area contributed by atoms with Crippen LogP contribution in [0.5, 0.6) is 0 Å². The summed E-state index contributed by atoms with van der Waals surface area (Å²) in [5.74, 6) is -0.990. The van der Waals surface area contributed by atoms with E-state index in [1.165, 1.54) is 0 Å². The van der Waals surface area contributed by atoms with Crippen molar-refractivity contribution in [1.82, 2.24) is 4.72 Å². The molecule has 0 amide bonds. The molecule has 1 atom stereocenters. The van der Waals surface area contributed by atoms with E-state index in [1.807, 2.05) is 0 Å². The Morgan fingerprint density at radius 1 is 1.40 bits per heavy atom. The van der Waals surface area contributed by atoms with Crippen molar-refractivity contribution in [3.05, 3.63) is 0 Å². The lowest BCUT2D eigenvalue weighted by molar-refractivity contribution is -0.137. The van der Waals surface area contributed by atoms with Gasteiger partial charge in [0.2, 0.25) is 10.0 Å². The van der Waals surface area contributed by atoms with Crippen LogP contribution in [0.15, 0.2) is 0 Å². The second-order valence-electron chi connectivity index (χ2n) is 3.89. The van der Waals surface area contributed by atoms with Crippen LogP contribution in [-0.2, 0) is 14.8 Å². The maximum atomic E-state index is 11.4. The van der Waals surface area contributed by atoms with Crippen molar-refractivity contribution in [1.29, 1.82) is 0 Å². The van der Waals surface area contributed by atoms with Gasteiger partial charge in [0.15, 0.2) is 0 Å². The number of carboxylic acid groups (broad SMARTS) is 1. The Morgan fingerprint density at radius 3 is 2.27 bits per heavy atom. The Bertz CT molecular complexity index is 297. The number of nitrogens with one attached hydrogen (secondary N) is 1. The molecule has 0 aliphatic heterocycles. The molecule has 90 valence electrons. The summed E-state index contributed by atoms with van der Waals surface area (Å²) < 4.78 is 25.3. The highest BCUT2D eigenvalue weighted by atomic mass is 32.2. The summed E-state index contributed by atoms with van der Waals surface area (Å²) in [6, 6.07) is -0.529. The third kappa shape index (κ3) is 6.46. The predicted octanol–water partition coefficient (Wildman–Crippen LogP) is 0.815. The number of hydrogen-bond donors (Lipinski definition) is 2. The summed E-state index contributed by atoms with van der Waals surface area (Å²) in [5, 5.41) is 8.62. The van der Waals surface area contributed by atoms with Crippen LogP contribution >= 0.6 is 0 Å². The number of hydrogen-bond acceptors (Lipinski definition) is 3. The molecule has 2 N–H and O–H groups in total. The van der Waals surface area contributed by atoms with E-state index in [0.717, 1.165) is 0 Å². The monoisotopic (exact) mass is 237 g/mol. The molecule has 0 saturated heterocycles. The summed E-state index contributed by atoms with van der Waals surface area (Å²) in [4.78, 5) is 10.5. The largest absolute Gasteiger partial charge is 0.481 e. The number of rotatable bonds is 7. The van der Waals surface area contributed by atoms with Crippen LogP contribution in [0.1, 0.15) is 33.6 Å². The number of carboxylic acids is 1. The molecule has 5 nitrogen and oxygen atoms in total. The molecular formula is C9H19NO4S. The van der Waals surface area contributed by atoms with Crippen LogP contribution in [-0.4, -0.2) is 31.3 Å². The predicted molar refractivity (Wildman–Crippen MR) is 58.1 cm³/mol. The van der Waals surface area contributed by atoms with E-state index >= 15 is 0 Å². The standard InChI is InChI=1S/C9H19NO4S/c1-4-5-15(13,14)10-8(7(2)3)6-9(11)12/h7-8,10H,4-6H2,1-3H3,(H,11,12). The van der Waals surface area contributed by atoms with Crippen molar-refractivity contribution in [2.75, 3.05) is 5.75 Å². The van der Waals surface area contributed by atoms with Gasteiger partial charge in [-0.3, -0.25) is 4.79 Å². The van der Waals surface area contributed by atoms with E-state index in [4.69, 9.17) is 5.11 Å². The van der Waals surface area contributed by atoms with E-state index in [9.17, 15) is 13.2 Å². The van der Waals surface area contributed by atoms with Crippen LogP contribution in [0.2, 0.25) is 0 Å². The van der Waals surface area contributed by atoms with Crippen LogP contribution in [0.25, 0.3) is 0 Å². The molecule has 0 aromatic carbocycles. The SMILES string of the molecule is CCCS(=O)(=O)NC(CC(=O)O)C(C)C. The van der Waals surface area contributed by atoms with Crippen molar-refractivity contribution in [3.8, 4) is 0 Å². The maximum Gasteiger partial charge on any atom is 0.304 e. The minimum atomic E-state index is -3.33. The highest BCUT2D eigenvalue weighted by Crippen LogP contribution is 2.08. The van der Waals surface area contributed by atoms with Crippen molar-refractivity contribution in [2.24, 2.45) is 5.92 Å². The molecule has 0 aliphatic carbocycles. The van der Waals surface area contributed by atoms with Crippen molar-refractivity contribution >= 4 is 16.0 Å². The molecular weight excluding hydrogens is 218 g/mol. The number of sulfonamides is 1. The smallest absolute Gasteiger partial charge is 0.304 e. The molecule has 1 unspecified atom stereocenters. The minimum Gasteiger partial charge on any atom is -0.481 e. The minimum absolute atomic E-state index is 0.0345. The Kier molecular flexibility index (Phi) is 5.82. The molecule has 15 heavy (non-hydrogen) atoms. The van der Waals surface area contributed by atoms with E-state index in [0.29, 0.717) is 6.42 Å². The molecule has 0 fully saturated rings. The van der Waals surface area contributed by atoms with Gasteiger partial charge in [0.1, 0.15) is 0 Å². The molecule has 0 aliphatic rings. The average Bonchev–Trinajstić information content (AvgIpc) is 2.00. The lowest BCUT2D eigenvalue weighted by atomic mass is 10.0. The van der Waals surface area contributed by atoms with Gasteiger partial charge in [-0.05, 0) is 12.3 Å². The topological polar surface area (TPSA) is 83.5 Å². The third-order valence-electron chi connectivity index (χ3n) is 2.00. The Labute approximate surface area is 90.9 Å². The van der Waals surface area contributed by atoms with Gasteiger partial charge in [-0.25, -0.2) is 13.1 Å². The van der Waals surface area contributed by atoms with Gasteiger partial charge < -0.3 is 5.11 Å². The zero-order valence-electron chi connectivity index (χ0n) is 9.36. The Hall–Kier alpha value is -0.620. The zero-order chi connectivity index (χ0) is 12.1. The van der Waals surface area contributed by atoms with Crippen LogP contribution < -0.4 is 4.72 Å². The van der Waals surface area contributed by atoms with Crippen molar-refractivity contribution in [3.63, 3.8) is 0 Å². The Balaban J connectivity index is 4.47. The molecule has 0 rings (SSSR count). The maximum absolute atomic E-state index is 11.4. The van der Waals surface area contributed by atoms with Gasteiger partial charge in [-0.15, -0.1) is 0 Å². The van der Waals surface area contributed by atoms with Gasteiger partial charge in [-0.1, -0.05) is 20.8 Å². The second kappa shape index (κ2) is 6.07. The summed E-state index contributed by atoms with van der Waals surface area (Å²) in [7, 11) is -3.33. The van der Waals surface area contributed by atoms with Crippen LogP contribution in [0.3, 0.4) is 0 Å². The summed E-state index contributed by atoms with van der Waals surface area (Å²) >= 11 is 0. The summed E-state index contributed by atoms with van der Waals surface area (Å²) in [6.45, 7) is 5.35. The fourth-order valence-corrected chi connectivity index (χ4v) is 2.63. The molecule has 0 aromatic rings. The quantitative estimate of drug-likeness (QED) is 0.686. The lowest BCUT2D eigenvalue weighted by Crippen LogP contribution is -2.41. The summed E-state index contributed by atoms with van der Waals surface area (Å²) in [6.07, 6.45) is 0.341. The molecule has 0 bridgehead atoms. The van der Waals surface area contributed by atoms with Crippen LogP contribution in [0, 0.1) is 5.92 Å². The summed E-state index contributed by atoms with van der Waals surface area (Å²) in [5.41, 5.74) is 0. The van der Waals surface area contributed by atoms with Crippen molar-refractivity contribution < 1.29 is 18.3 Å². The van der Waals surface area contributed by atoms with Gasteiger partial charge in [0.25, 0.3) is 0 Å². The lowest BCUT2D eigenvalue weighted by Gasteiger charge is -2.20. The normalized spacial score (nSPS) is 14.1. The van der Waals surface area contributed by atoms with Crippen LogP contribution in [0.4, 0.5) is 0 Å². The van der Waals surface area contributed by atoms with Gasteiger partial charge in [0, 0.05) is 6.04 Å². The molecule has 0 heterocycles. The van der Waals surface area contributed by atoms with E-state index in [-0.39, 0.29) is 18.1 Å². The fourth-order valence-electron chi connectivity index (χ4n) is 1.16. The molecule has 0 saturated carbocycles. The molecule has 0 radical (unpaired) electrons. The average molecular weight is 237 g/mol. The van der Waals surface area contributed by atoms with E-state index < -0.39 is 22.0 Å². The molecule has 6 heteroatoms. The first-order chi connectivity index (χ1) is 6.78. The van der Waals surface area contributed by atoms with E-state index in [2.05, 4.69) is 4.72 Å². The second-order valence-corrected chi connectivity index (χ2v) is 5.76. The first kappa shape index (κ1) is 14.4. The Morgan fingerprint density at radius 2 is 1.93 bits per heavy atom. The highest BCUT2D eigenvalue weighted by molar-refractivity contribution is 7.89. The van der Waals surface area contributed by atoms with Gasteiger partial charge >= 0.3 is 5.97 Å². The van der Waals surface area contributed by atoms with E-state index in [1.54, 1.807) is 20.8 Å². The first-order valence-corrected chi connectivity index (χ1v) is 6.65. The zero-order valence-corrected chi connectivity index (χ0v) is 10.2. The number of carbonyl (C=O) groups is 1. The van der Waals surface area contributed by atoms with Gasteiger partial charge in [-0.2, -0.15) is 0 Å². The number of aliphatic carboxylic acids is 1.